The van der Waals surface area contributed by atoms with Gasteiger partial charge in [-0.2, -0.15) is 5.26 Å². The van der Waals surface area contributed by atoms with Gasteiger partial charge in [-0.15, -0.1) is 0 Å². The van der Waals surface area contributed by atoms with E-state index in [9.17, 15) is 0 Å². The van der Waals surface area contributed by atoms with Crippen LogP contribution in [0.2, 0.25) is 0 Å². The molecule has 5 heteroatoms. The first-order valence-corrected chi connectivity index (χ1v) is 4.44. The molecule has 1 unspecified atom stereocenters. The van der Waals surface area contributed by atoms with Crippen molar-refractivity contribution in [2.24, 2.45) is 0 Å². The van der Waals surface area contributed by atoms with Gasteiger partial charge in [0.05, 0.1) is 24.9 Å². The summed E-state index contributed by atoms with van der Waals surface area (Å²) in [5.41, 5.74) is 0.816. The Balaban J connectivity index is 2.18. The van der Waals surface area contributed by atoms with Crippen molar-refractivity contribution in [2.45, 2.75) is 6.04 Å². The maximum atomic E-state index is 8.63. The number of nitrogens with zero attached hydrogens (tertiary/aromatic N) is 3. The Morgan fingerprint density at radius 3 is 3.29 bits per heavy atom. The Bertz CT molecular complexity index is 354. The lowest BCUT2D eigenvalue weighted by atomic mass is 10.2. The third-order valence-electron chi connectivity index (χ3n) is 2.06. The van der Waals surface area contributed by atoms with Gasteiger partial charge >= 0.3 is 0 Å². The largest absolute Gasteiger partial charge is 0.378 e. The number of hydrogen-bond donors (Lipinski definition) is 1. The van der Waals surface area contributed by atoms with Gasteiger partial charge in [0.1, 0.15) is 6.07 Å². The molecule has 0 amide bonds. The van der Waals surface area contributed by atoms with E-state index in [-0.39, 0.29) is 11.9 Å². The van der Waals surface area contributed by atoms with Crippen LogP contribution in [0.25, 0.3) is 0 Å². The minimum Gasteiger partial charge on any atom is -0.378 e. The fourth-order valence-electron chi connectivity index (χ4n) is 1.38. The van der Waals surface area contributed by atoms with Gasteiger partial charge in [0.2, 0.25) is 5.82 Å². The van der Waals surface area contributed by atoms with Crippen molar-refractivity contribution in [3.8, 4) is 6.07 Å². The van der Waals surface area contributed by atoms with Gasteiger partial charge in [0.15, 0.2) is 0 Å². The first kappa shape index (κ1) is 9.06. The Kier molecular flexibility index (Phi) is 2.68. The highest BCUT2D eigenvalue weighted by molar-refractivity contribution is 5.15. The second-order valence-electron chi connectivity index (χ2n) is 3.00. The smallest absolute Gasteiger partial charge is 0.232 e. The predicted octanol–water partition coefficient (Wildman–Crippen LogP) is 0.00918. The number of morpholine rings is 1. The third-order valence-corrected chi connectivity index (χ3v) is 2.06. The zero-order valence-corrected chi connectivity index (χ0v) is 7.60. The number of ether oxygens (including phenoxy) is 1. The molecule has 1 N–H and O–H groups in total. The van der Waals surface area contributed by atoms with Crippen molar-refractivity contribution in [3.63, 3.8) is 0 Å². The molecular formula is C9H10N4O. The SMILES string of the molecule is N#Cc1nccc(C2COCCN2)n1. The lowest BCUT2D eigenvalue weighted by Gasteiger charge is -2.22. The van der Waals surface area contributed by atoms with E-state index in [1.807, 2.05) is 6.07 Å². The predicted molar refractivity (Wildman–Crippen MR) is 48.3 cm³/mol. The lowest BCUT2D eigenvalue weighted by molar-refractivity contribution is 0.0755. The van der Waals surface area contributed by atoms with Gasteiger partial charge in [0.25, 0.3) is 0 Å². The van der Waals surface area contributed by atoms with Gasteiger partial charge in [0, 0.05) is 12.7 Å². The van der Waals surface area contributed by atoms with E-state index in [1.54, 1.807) is 12.3 Å². The molecule has 0 aromatic carbocycles. The molecule has 1 aromatic heterocycles. The van der Waals surface area contributed by atoms with E-state index in [4.69, 9.17) is 10.00 Å². The van der Waals surface area contributed by atoms with E-state index in [0.29, 0.717) is 6.61 Å². The van der Waals surface area contributed by atoms with Gasteiger partial charge < -0.3 is 10.1 Å². The second kappa shape index (κ2) is 4.13. The van der Waals surface area contributed by atoms with Crippen LogP contribution in [0.5, 0.6) is 0 Å². The summed E-state index contributed by atoms with van der Waals surface area (Å²) in [6, 6.07) is 3.80. The normalized spacial score (nSPS) is 21.5. The first-order chi connectivity index (χ1) is 6.90. The van der Waals surface area contributed by atoms with Crippen LogP contribution in [0.3, 0.4) is 0 Å². The first-order valence-electron chi connectivity index (χ1n) is 4.44. The summed E-state index contributed by atoms with van der Waals surface area (Å²) in [6.07, 6.45) is 1.59. The van der Waals surface area contributed by atoms with Gasteiger partial charge in [-0.05, 0) is 6.07 Å². The van der Waals surface area contributed by atoms with E-state index in [0.717, 1.165) is 18.8 Å². The Morgan fingerprint density at radius 2 is 2.57 bits per heavy atom. The van der Waals surface area contributed by atoms with Crippen LogP contribution >= 0.6 is 0 Å². The summed E-state index contributed by atoms with van der Waals surface area (Å²) in [5, 5.41) is 11.9. The summed E-state index contributed by atoms with van der Waals surface area (Å²) < 4.78 is 5.30. The Hall–Kier alpha value is -1.51. The second-order valence-corrected chi connectivity index (χ2v) is 3.00. The molecule has 1 aliphatic heterocycles. The van der Waals surface area contributed by atoms with Gasteiger partial charge in [-0.25, -0.2) is 9.97 Å². The van der Waals surface area contributed by atoms with Crippen LogP contribution in [0.4, 0.5) is 0 Å². The van der Waals surface area contributed by atoms with Gasteiger partial charge in [-0.1, -0.05) is 0 Å². The van der Waals surface area contributed by atoms with Crippen molar-refractivity contribution >= 4 is 0 Å². The van der Waals surface area contributed by atoms with Crippen molar-refractivity contribution in [1.82, 2.24) is 15.3 Å². The van der Waals surface area contributed by atoms with E-state index >= 15 is 0 Å². The molecule has 5 nitrogen and oxygen atoms in total. The average Bonchev–Trinajstić information content (AvgIpc) is 2.30. The van der Waals surface area contributed by atoms with E-state index in [1.165, 1.54) is 0 Å². The quantitative estimate of drug-likeness (QED) is 0.675. The van der Waals surface area contributed by atoms with Crippen LogP contribution in [0.15, 0.2) is 12.3 Å². The van der Waals surface area contributed by atoms with Crippen LogP contribution < -0.4 is 5.32 Å². The highest BCUT2D eigenvalue weighted by atomic mass is 16.5. The molecule has 1 atom stereocenters. The molecule has 0 spiro atoms. The molecular weight excluding hydrogens is 180 g/mol. The molecule has 0 saturated carbocycles. The maximum absolute atomic E-state index is 8.63. The van der Waals surface area contributed by atoms with Crippen molar-refractivity contribution in [3.05, 3.63) is 23.8 Å². The van der Waals surface area contributed by atoms with Crippen molar-refractivity contribution in [2.75, 3.05) is 19.8 Å². The number of hydrogen-bond acceptors (Lipinski definition) is 5. The fourth-order valence-corrected chi connectivity index (χ4v) is 1.38. The summed E-state index contributed by atoms with van der Waals surface area (Å²) in [7, 11) is 0. The van der Waals surface area contributed by atoms with Crippen LogP contribution in [-0.2, 0) is 4.74 Å². The molecule has 0 bridgehead atoms. The maximum Gasteiger partial charge on any atom is 0.232 e. The highest BCUT2D eigenvalue weighted by Crippen LogP contribution is 2.12. The molecule has 14 heavy (non-hydrogen) atoms. The topological polar surface area (TPSA) is 70.8 Å². The summed E-state index contributed by atoms with van der Waals surface area (Å²) in [6.45, 7) is 2.14. The lowest BCUT2D eigenvalue weighted by Crippen LogP contribution is -2.35. The van der Waals surface area contributed by atoms with Crippen molar-refractivity contribution < 1.29 is 4.74 Å². The number of nitrogens with one attached hydrogen (secondary N) is 1. The number of rotatable bonds is 1. The average molecular weight is 190 g/mol. The summed E-state index contributed by atoms with van der Waals surface area (Å²) in [4.78, 5) is 7.91. The van der Waals surface area contributed by atoms with Crippen LogP contribution in [-0.4, -0.2) is 29.7 Å². The Labute approximate surface area is 81.7 Å². The van der Waals surface area contributed by atoms with E-state index < -0.39 is 0 Å². The monoisotopic (exact) mass is 190 g/mol. The molecule has 2 rings (SSSR count). The molecule has 1 aliphatic rings. The summed E-state index contributed by atoms with van der Waals surface area (Å²) in [5.74, 6) is 0.204. The van der Waals surface area contributed by atoms with Crippen LogP contribution in [0.1, 0.15) is 17.6 Å². The van der Waals surface area contributed by atoms with Crippen LogP contribution in [0, 0.1) is 11.3 Å². The van der Waals surface area contributed by atoms with Crippen molar-refractivity contribution in [1.29, 1.82) is 5.26 Å². The number of aromatic nitrogens is 2. The molecule has 1 saturated heterocycles. The molecule has 2 heterocycles. The van der Waals surface area contributed by atoms with Gasteiger partial charge in [-0.3, -0.25) is 0 Å². The summed E-state index contributed by atoms with van der Waals surface area (Å²) >= 11 is 0. The molecule has 1 fully saturated rings. The van der Waals surface area contributed by atoms with E-state index in [2.05, 4.69) is 15.3 Å². The Morgan fingerprint density at radius 1 is 1.64 bits per heavy atom. The minimum atomic E-state index is 0.0823. The molecule has 72 valence electrons. The molecule has 1 aromatic rings. The molecule has 0 aliphatic carbocycles. The standard InChI is InChI=1S/C9H10N4O/c10-5-9-12-2-1-7(13-9)8-6-14-4-3-11-8/h1-2,8,11H,3-4,6H2. The fraction of sp³-hybridized carbons (Fsp3) is 0.444. The zero-order valence-electron chi connectivity index (χ0n) is 7.60. The molecule has 0 radical (unpaired) electrons. The number of nitriles is 1. The zero-order chi connectivity index (χ0) is 9.80. The third kappa shape index (κ3) is 1.87. The highest BCUT2D eigenvalue weighted by Gasteiger charge is 2.16. The minimum absolute atomic E-state index is 0.0823.